The van der Waals surface area contributed by atoms with E-state index in [2.05, 4.69) is 15.9 Å². The molecule has 1 N–H and O–H groups in total. The maximum Gasteiger partial charge on any atom is 0.123 e. The van der Waals surface area contributed by atoms with Gasteiger partial charge in [0.25, 0.3) is 0 Å². The normalized spacial score (nSPS) is 21.9. The van der Waals surface area contributed by atoms with Crippen LogP contribution in [0.3, 0.4) is 0 Å². The van der Waals surface area contributed by atoms with Crippen LogP contribution in [0, 0.1) is 5.82 Å². The summed E-state index contributed by atoms with van der Waals surface area (Å²) < 4.78 is 14.0. The van der Waals surface area contributed by atoms with Crippen molar-refractivity contribution in [1.29, 1.82) is 0 Å². The van der Waals surface area contributed by atoms with Crippen molar-refractivity contribution in [2.45, 2.75) is 18.4 Å². The zero-order valence-electron chi connectivity index (χ0n) is 9.61. The number of hydrogen-bond donors (Lipinski definition) is 1. The highest BCUT2D eigenvalue weighted by molar-refractivity contribution is 9.10. The van der Waals surface area contributed by atoms with E-state index in [1.54, 1.807) is 12.1 Å². The van der Waals surface area contributed by atoms with Crippen LogP contribution in [0.1, 0.15) is 35.1 Å². The number of rotatable bonds is 1. The molecule has 0 aliphatic heterocycles. The fourth-order valence-corrected chi connectivity index (χ4v) is 3.02. The molecule has 2 atom stereocenters. The minimum absolute atomic E-state index is 0.146. The Kier molecular flexibility index (Phi) is 2.96. The highest BCUT2D eigenvalue weighted by atomic mass is 79.9. The van der Waals surface area contributed by atoms with Gasteiger partial charge in [0, 0.05) is 10.4 Å². The largest absolute Gasteiger partial charge is 0.388 e. The lowest BCUT2D eigenvalue weighted by molar-refractivity contribution is 0.176. The molecule has 0 saturated heterocycles. The minimum Gasteiger partial charge on any atom is -0.388 e. The lowest BCUT2D eigenvalue weighted by atomic mass is 9.93. The van der Waals surface area contributed by atoms with Gasteiger partial charge in [0.15, 0.2) is 0 Å². The molecule has 18 heavy (non-hydrogen) atoms. The standard InChI is InChI=1S/C15H12BrFO/c16-10-3-6-12-14(7-10)13(8-15(12)18)9-1-4-11(17)5-2-9/h1-7,13,15,18H,8H2/t13-,15+/m1/s1. The lowest BCUT2D eigenvalue weighted by Gasteiger charge is -2.12. The second-order valence-electron chi connectivity index (χ2n) is 4.63. The van der Waals surface area contributed by atoms with Gasteiger partial charge in [-0.15, -0.1) is 0 Å². The molecule has 0 saturated carbocycles. The molecule has 1 nitrogen and oxygen atoms in total. The molecule has 0 spiro atoms. The highest BCUT2D eigenvalue weighted by Gasteiger charge is 2.30. The number of benzene rings is 2. The van der Waals surface area contributed by atoms with Crippen molar-refractivity contribution < 1.29 is 9.50 Å². The van der Waals surface area contributed by atoms with Gasteiger partial charge in [0.1, 0.15) is 5.82 Å². The summed E-state index contributed by atoms with van der Waals surface area (Å²) in [4.78, 5) is 0. The molecular weight excluding hydrogens is 295 g/mol. The van der Waals surface area contributed by atoms with Crippen molar-refractivity contribution in [2.75, 3.05) is 0 Å². The smallest absolute Gasteiger partial charge is 0.123 e. The van der Waals surface area contributed by atoms with Gasteiger partial charge in [-0.25, -0.2) is 4.39 Å². The topological polar surface area (TPSA) is 20.2 Å². The fourth-order valence-electron chi connectivity index (χ4n) is 2.64. The summed E-state index contributed by atoms with van der Waals surface area (Å²) in [6, 6.07) is 12.5. The number of aliphatic hydroxyl groups is 1. The van der Waals surface area contributed by atoms with Crippen LogP contribution in [0.5, 0.6) is 0 Å². The summed E-state index contributed by atoms with van der Waals surface area (Å²) in [6.45, 7) is 0. The van der Waals surface area contributed by atoms with E-state index in [1.807, 2.05) is 18.2 Å². The average molecular weight is 307 g/mol. The molecule has 0 unspecified atom stereocenters. The Labute approximate surface area is 113 Å². The Morgan fingerprint density at radius 3 is 2.50 bits per heavy atom. The van der Waals surface area contributed by atoms with Crippen LogP contribution < -0.4 is 0 Å². The summed E-state index contributed by atoms with van der Waals surface area (Å²) in [5, 5.41) is 10.1. The predicted molar refractivity (Wildman–Crippen MR) is 72.0 cm³/mol. The molecule has 2 aromatic carbocycles. The first-order valence-corrected chi connectivity index (χ1v) is 6.67. The number of aliphatic hydroxyl groups excluding tert-OH is 1. The SMILES string of the molecule is O[C@H]1C[C@H](c2ccc(F)cc2)c2cc(Br)ccc21. The molecule has 0 fully saturated rings. The van der Waals surface area contributed by atoms with E-state index in [4.69, 9.17) is 0 Å². The zero-order valence-corrected chi connectivity index (χ0v) is 11.2. The Balaban J connectivity index is 2.06. The molecule has 0 aromatic heterocycles. The fraction of sp³-hybridized carbons (Fsp3) is 0.200. The summed E-state index contributed by atoms with van der Waals surface area (Å²) in [5.41, 5.74) is 3.16. The molecule has 2 aromatic rings. The number of fused-ring (bicyclic) bond motifs is 1. The summed E-state index contributed by atoms with van der Waals surface area (Å²) in [7, 11) is 0. The third kappa shape index (κ3) is 1.98. The van der Waals surface area contributed by atoms with Gasteiger partial charge in [-0.05, 0) is 47.4 Å². The molecule has 0 amide bonds. The van der Waals surface area contributed by atoms with Crippen molar-refractivity contribution in [3.8, 4) is 0 Å². The van der Waals surface area contributed by atoms with Crippen LogP contribution in [0.2, 0.25) is 0 Å². The van der Waals surface area contributed by atoms with Crippen LogP contribution in [0.4, 0.5) is 4.39 Å². The first-order chi connectivity index (χ1) is 8.65. The van der Waals surface area contributed by atoms with E-state index in [1.165, 1.54) is 12.1 Å². The number of hydrogen-bond acceptors (Lipinski definition) is 1. The molecular formula is C15H12BrFO. The molecule has 92 valence electrons. The molecule has 1 aliphatic rings. The van der Waals surface area contributed by atoms with E-state index < -0.39 is 6.10 Å². The van der Waals surface area contributed by atoms with E-state index in [0.29, 0.717) is 6.42 Å². The lowest BCUT2D eigenvalue weighted by Crippen LogP contribution is -1.96. The monoisotopic (exact) mass is 306 g/mol. The van der Waals surface area contributed by atoms with Gasteiger partial charge >= 0.3 is 0 Å². The van der Waals surface area contributed by atoms with Crippen molar-refractivity contribution in [3.05, 3.63) is 69.4 Å². The van der Waals surface area contributed by atoms with Gasteiger partial charge in [0.05, 0.1) is 6.10 Å². The van der Waals surface area contributed by atoms with Gasteiger partial charge in [-0.3, -0.25) is 0 Å². The summed E-state index contributed by atoms with van der Waals surface area (Å²) in [6.07, 6.45) is 0.236. The second kappa shape index (κ2) is 4.48. The highest BCUT2D eigenvalue weighted by Crippen LogP contribution is 2.44. The van der Waals surface area contributed by atoms with Gasteiger partial charge in [-0.1, -0.05) is 34.1 Å². The van der Waals surface area contributed by atoms with Gasteiger partial charge in [-0.2, -0.15) is 0 Å². The van der Waals surface area contributed by atoms with Crippen LogP contribution in [0.15, 0.2) is 46.9 Å². The summed E-state index contributed by atoms with van der Waals surface area (Å²) in [5.74, 6) is -0.0835. The molecule has 3 rings (SSSR count). The van der Waals surface area contributed by atoms with E-state index in [0.717, 1.165) is 21.2 Å². The van der Waals surface area contributed by atoms with Crippen LogP contribution in [-0.4, -0.2) is 5.11 Å². The minimum atomic E-state index is -0.428. The predicted octanol–water partition coefficient (Wildman–Crippen LogP) is 4.16. The Hall–Kier alpha value is -1.19. The maximum atomic E-state index is 13.0. The Bertz CT molecular complexity index is 580. The van der Waals surface area contributed by atoms with Gasteiger partial charge < -0.3 is 5.11 Å². The zero-order chi connectivity index (χ0) is 12.7. The Morgan fingerprint density at radius 1 is 1.06 bits per heavy atom. The van der Waals surface area contributed by atoms with E-state index >= 15 is 0 Å². The van der Waals surface area contributed by atoms with Crippen LogP contribution in [-0.2, 0) is 0 Å². The van der Waals surface area contributed by atoms with Crippen LogP contribution >= 0.6 is 15.9 Å². The van der Waals surface area contributed by atoms with E-state index in [9.17, 15) is 9.50 Å². The van der Waals surface area contributed by atoms with E-state index in [-0.39, 0.29) is 11.7 Å². The average Bonchev–Trinajstić information content (AvgIpc) is 2.67. The van der Waals surface area contributed by atoms with Crippen molar-refractivity contribution >= 4 is 15.9 Å². The second-order valence-corrected chi connectivity index (χ2v) is 5.54. The van der Waals surface area contributed by atoms with Crippen LogP contribution in [0.25, 0.3) is 0 Å². The molecule has 0 bridgehead atoms. The molecule has 1 aliphatic carbocycles. The summed E-state index contributed by atoms with van der Waals surface area (Å²) >= 11 is 3.45. The third-order valence-electron chi connectivity index (χ3n) is 3.51. The van der Waals surface area contributed by atoms with Crippen molar-refractivity contribution in [3.63, 3.8) is 0 Å². The third-order valence-corrected chi connectivity index (χ3v) is 4.01. The first-order valence-electron chi connectivity index (χ1n) is 5.88. The van der Waals surface area contributed by atoms with Gasteiger partial charge in [0.2, 0.25) is 0 Å². The quantitative estimate of drug-likeness (QED) is 0.839. The first kappa shape index (κ1) is 11.9. The maximum absolute atomic E-state index is 13.0. The molecule has 0 radical (unpaired) electrons. The Morgan fingerprint density at radius 2 is 1.78 bits per heavy atom. The molecule has 0 heterocycles. The van der Waals surface area contributed by atoms with Crippen molar-refractivity contribution in [1.82, 2.24) is 0 Å². The number of halogens is 2. The molecule has 3 heteroatoms. The van der Waals surface area contributed by atoms with Crippen molar-refractivity contribution in [2.24, 2.45) is 0 Å².